The van der Waals surface area contributed by atoms with Crippen molar-refractivity contribution in [3.8, 4) is 0 Å². The lowest BCUT2D eigenvalue weighted by atomic mass is 10.1. The zero-order valence-corrected chi connectivity index (χ0v) is 11.2. The van der Waals surface area contributed by atoms with Gasteiger partial charge in [-0.15, -0.1) is 0 Å². The number of amides is 1. The summed E-state index contributed by atoms with van der Waals surface area (Å²) in [6, 6.07) is 0. The van der Waals surface area contributed by atoms with E-state index in [1.807, 2.05) is 0 Å². The lowest BCUT2D eigenvalue weighted by Gasteiger charge is -2.24. The Morgan fingerprint density at radius 2 is 2.16 bits per heavy atom. The van der Waals surface area contributed by atoms with Gasteiger partial charge >= 0.3 is 0 Å². The smallest absolute Gasteiger partial charge is 0.261 e. The second kappa shape index (κ2) is 9.48. The number of carbonyl (C=O) groups excluding carboxylic acids is 1. The molecule has 0 aliphatic rings. The van der Waals surface area contributed by atoms with Crippen LogP contribution in [0.15, 0.2) is 5.16 Å². The van der Waals surface area contributed by atoms with Crippen molar-refractivity contribution >= 4 is 11.7 Å². The Labute approximate surface area is 111 Å². The zero-order valence-electron chi connectivity index (χ0n) is 11.2. The number of carbonyl (C=O) groups is 1. The molecule has 8 heteroatoms. The van der Waals surface area contributed by atoms with Crippen LogP contribution in [0.5, 0.6) is 0 Å². The van der Waals surface area contributed by atoms with Gasteiger partial charge in [-0.1, -0.05) is 12.1 Å². The van der Waals surface area contributed by atoms with Gasteiger partial charge < -0.3 is 20.6 Å². The molecule has 1 amide bonds. The summed E-state index contributed by atoms with van der Waals surface area (Å²) < 4.78 is 28.3. The van der Waals surface area contributed by atoms with Gasteiger partial charge in [0, 0.05) is 19.0 Å². The third kappa shape index (κ3) is 7.55. The maximum Gasteiger partial charge on any atom is 0.261 e. The highest BCUT2D eigenvalue weighted by atomic mass is 19.3. The summed E-state index contributed by atoms with van der Waals surface area (Å²) in [7, 11) is 0. The highest BCUT2D eigenvalue weighted by Crippen LogP contribution is 2.03. The average Bonchev–Trinajstić information content (AvgIpc) is 2.38. The van der Waals surface area contributed by atoms with E-state index < -0.39 is 13.0 Å². The Balaban J connectivity index is 4.11. The lowest BCUT2D eigenvalue weighted by Crippen LogP contribution is -2.39. The molecule has 0 spiro atoms. The lowest BCUT2D eigenvalue weighted by molar-refractivity contribution is -0.132. The quantitative estimate of drug-likeness (QED) is 0.216. The van der Waals surface area contributed by atoms with Crippen molar-refractivity contribution in [1.82, 2.24) is 4.90 Å². The third-order valence-electron chi connectivity index (χ3n) is 2.55. The highest BCUT2D eigenvalue weighted by molar-refractivity contribution is 5.83. The molecule has 0 aliphatic heterocycles. The molecule has 1 atom stereocenters. The van der Waals surface area contributed by atoms with Crippen LogP contribution in [0.1, 0.15) is 20.3 Å². The summed E-state index contributed by atoms with van der Waals surface area (Å²) in [5.41, 5.74) is 5.43. The van der Waals surface area contributed by atoms with Gasteiger partial charge in [0.1, 0.15) is 12.4 Å². The van der Waals surface area contributed by atoms with E-state index >= 15 is 0 Å². The molecule has 3 N–H and O–H groups in total. The number of amidine groups is 1. The third-order valence-corrected chi connectivity index (χ3v) is 2.55. The van der Waals surface area contributed by atoms with Gasteiger partial charge in [0.15, 0.2) is 0 Å². The van der Waals surface area contributed by atoms with Gasteiger partial charge in [0.25, 0.3) is 6.43 Å². The van der Waals surface area contributed by atoms with Crippen LogP contribution in [0.2, 0.25) is 0 Å². The fourth-order valence-electron chi connectivity index (χ4n) is 1.42. The number of ether oxygens (including phenoxy) is 1. The number of hydrogen-bond donors (Lipinski definition) is 2. The van der Waals surface area contributed by atoms with Crippen molar-refractivity contribution in [1.29, 1.82) is 0 Å². The van der Waals surface area contributed by atoms with Crippen LogP contribution in [0.4, 0.5) is 8.78 Å². The molecule has 0 aliphatic carbocycles. The molecule has 0 rings (SSSR count). The van der Waals surface area contributed by atoms with Gasteiger partial charge in [0.2, 0.25) is 5.91 Å². The Hall–Kier alpha value is -1.44. The van der Waals surface area contributed by atoms with E-state index in [2.05, 4.69) is 9.89 Å². The van der Waals surface area contributed by atoms with Crippen LogP contribution in [0.25, 0.3) is 0 Å². The van der Waals surface area contributed by atoms with Crippen molar-refractivity contribution in [2.75, 3.05) is 26.3 Å². The predicted molar refractivity (Wildman–Crippen MR) is 66.3 cm³/mol. The van der Waals surface area contributed by atoms with Crippen LogP contribution in [0.3, 0.4) is 0 Å². The molecular formula is C11H21F2N3O3. The average molecular weight is 281 g/mol. The molecule has 0 radical (unpaired) electrons. The minimum absolute atomic E-state index is 0.0312. The van der Waals surface area contributed by atoms with Gasteiger partial charge in [-0.25, -0.2) is 8.78 Å². The Bertz CT molecular complexity index is 301. The number of nitrogens with zero attached hydrogens (tertiary/aromatic N) is 2. The second-order valence-electron chi connectivity index (χ2n) is 4.07. The van der Waals surface area contributed by atoms with E-state index in [4.69, 9.17) is 10.9 Å². The molecule has 0 aromatic carbocycles. The molecular weight excluding hydrogens is 260 g/mol. The molecule has 19 heavy (non-hydrogen) atoms. The van der Waals surface area contributed by atoms with Gasteiger partial charge in [-0.05, 0) is 6.92 Å². The molecule has 0 heterocycles. The predicted octanol–water partition coefficient (Wildman–Crippen LogP) is 0.889. The van der Waals surface area contributed by atoms with Crippen LogP contribution < -0.4 is 5.73 Å². The summed E-state index contributed by atoms with van der Waals surface area (Å²) in [4.78, 5) is 13.3. The normalized spacial score (nSPS) is 13.6. The number of rotatable bonds is 9. The van der Waals surface area contributed by atoms with Crippen LogP contribution in [-0.4, -0.2) is 54.6 Å². The maximum absolute atomic E-state index is 11.8. The van der Waals surface area contributed by atoms with E-state index in [0.717, 1.165) is 0 Å². The number of hydrogen-bond acceptors (Lipinski definition) is 4. The minimum Gasteiger partial charge on any atom is -0.409 e. The summed E-state index contributed by atoms with van der Waals surface area (Å²) >= 11 is 0. The summed E-state index contributed by atoms with van der Waals surface area (Å²) in [6.07, 6.45) is -2.50. The molecule has 0 fully saturated rings. The van der Waals surface area contributed by atoms with E-state index in [1.54, 1.807) is 13.8 Å². The van der Waals surface area contributed by atoms with Crippen LogP contribution in [0, 0.1) is 5.92 Å². The van der Waals surface area contributed by atoms with E-state index in [9.17, 15) is 13.6 Å². The van der Waals surface area contributed by atoms with Crippen molar-refractivity contribution in [3.05, 3.63) is 0 Å². The van der Waals surface area contributed by atoms with Gasteiger partial charge in [0.05, 0.1) is 13.0 Å². The molecule has 6 nitrogen and oxygen atoms in total. The second-order valence-corrected chi connectivity index (χ2v) is 4.07. The fourth-order valence-corrected chi connectivity index (χ4v) is 1.42. The monoisotopic (exact) mass is 281 g/mol. The summed E-state index contributed by atoms with van der Waals surface area (Å²) in [6.45, 7) is 3.56. The highest BCUT2D eigenvalue weighted by Gasteiger charge is 2.17. The summed E-state index contributed by atoms with van der Waals surface area (Å²) in [5, 5.41) is 11.4. The molecule has 112 valence electrons. The van der Waals surface area contributed by atoms with Crippen molar-refractivity contribution < 1.29 is 23.5 Å². The van der Waals surface area contributed by atoms with E-state index in [0.29, 0.717) is 13.1 Å². The van der Waals surface area contributed by atoms with Crippen molar-refractivity contribution in [2.45, 2.75) is 26.7 Å². The van der Waals surface area contributed by atoms with Crippen LogP contribution in [-0.2, 0) is 9.53 Å². The minimum atomic E-state index is -2.53. The van der Waals surface area contributed by atoms with E-state index in [-0.39, 0.29) is 30.7 Å². The molecule has 0 aromatic heterocycles. The fraction of sp³-hybridized carbons (Fsp3) is 0.818. The SMILES string of the molecule is CCN(CC(C)C(N)=NO)C(=O)CCOCC(F)F. The Morgan fingerprint density at radius 3 is 2.63 bits per heavy atom. The maximum atomic E-state index is 11.8. The first-order valence-corrected chi connectivity index (χ1v) is 6.03. The van der Waals surface area contributed by atoms with Gasteiger partial charge in [-0.3, -0.25) is 4.79 Å². The molecule has 0 saturated carbocycles. The number of oxime groups is 1. The largest absolute Gasteiger partial charge is 0.409 e. The zero-order chi connectivity index (χ0) is 14.8. The van der Waals surface area contributed by atoms with Gasteiger partial charge in [-0.2, -0.15) is 0 Å². The topological polar surface area (TPSA) is 88.1 Å². The molecule has 0 bridgehead atoms. The van der Waals surface area contributed by atoms with Crippen molar-refractivity contribution in [3.63, 3.8) is 0 Å². The number of nitrogens with two attached hydrogens (primary N) is 1. The first-order chi connectivity index (χ1) is 8.92. The number of halogens is 2. The molecule has 0 saturated heterocycles. The Morgan fingerprint density at radius 1 is 1.53 bits per heavy atom. The Kier molecular flexibility index (Phi) is 8.77. The first-order valence-electron chi connectivity index (χ1n) is 6.03. The number of alkyl halides is 2. The first kappa shape index (κ1) is 17.6. The standard InChI is InChI=1S/C11H21F2N3O3/c1-3-16(6-8(2)11(14)15-18)10(17)4-5-19-7-9(12)13/h8-9,18H,3-7H2,1-2H3,(H2,14,15). The molecule has 1 unspecified atom stereocenters. The van der Waals surface area contributed by atoms with E-state index in [1.165, 1.54) is 4.90 Å². The summed E-state index contributed by atoms with van der Waals surface area (Å²) in [5.74, 6) is -0.453. The molecule has 0 aromatic rings. The van der Waals surface area contributed by atoms with Crippen LogP contribution >= 0.6 is 0 Å². The van der Waals surface area contributed by atoms with Crippen molar-refractivity contribution in [2.24, 2.45) is 16.8 Å².